The van der Waals surface area contributed by atoms with Gasteiger partial charge in [0.1, 0.15) is 0 Å². The first-order valence-electron chi connectivity index (χ1n) is 6.84. The van der Waals surface area contributed by atoms with Crippen LogP contribution < -0.4 is 4.90 Å². The monoisotopic (exact) mass is 269 g/mol. The molecular formula is C17H19NS. The van der Waals surface area contributed by atoms with Gasteiger partial charge < -0.3 is 4.90 Å². The van der Waals surface area contributed by atoms with Crippen LogP contribution in [0.15, 0.2) is 59.5 Å². The molecule has 0 bridgehead atoms. The third-order valence-corrected chi connectivity index (χ3v) is 4.58. The molecule has 0 aromatic heterocycles. The van der Waals surface area contributed by atoms with E-state index in [0.29, 0.717) is 6.04 Å². The van der Waals surface area contributed by atoms with Crippen molar-refractivity contribution >= 4 is 17.4 Å². The smallest absolute Gasteiger partial charge is 0.0543 e. The predicted molar refractivity (Wildman–Crippen MR) is 84.0 cm³/mol. The summed E-state index contributed by atoms with van der Waals surface area (Å²) in [5.74, 6) is 0. The van der Waals surface area contributed by atoms with Crippen molar-refractivity contribution in [2.45, 2.75) is 23.8 Å². The second-order valence-corrected chi connectivity index (χ2v) is 5.84. The summed E-state index contributed by atoms with van der Waals surface area (Å²) in [4.78, 5) is 3.88. The molecule has 1 aliphatic heterocycles. The van der Waals surface area contributed by atoms with Gasteiger partial charge in [0.05, 0.1) is 6.04 Å². The molecule has 0 radical (unpaired) electrons. The van der Waals surface area contributed by atoms with Gasteiger partial charge in [-0.3, -0.25) is 0 Å². The maximum Gasteiger partial charge on any atom is 0.0543 e. The van der Waals surface area contributed by atoms with Crippen molar-refractivity contribution < 1.29 is 0 Å². The molecule has 2 aromatic rings. The molecule has 1 aliphatic rings. The highest BCUT2D eigenvalue weighted by atomic mass is 32.2. The average molecular weight is 269 g/mol. The van der Waals surface area contributed by atoms with Crippen LogP contribution in [0.1, 0.15) is 24.4 Å². The van der Waals surface area contributed by atoms with Crippen molar-refractivity contribution in [3.8, 4) is 0 Å². The molecule has 2 heteroatoms. The minimum Gasteiger partial charge on any atom is -0.364 e. The lowest BCUT2D eigenvalue weighted by Gasteiger charge is -2.27. The van der Waals surface area contributed by atoms with Gasteiger partial charge in [0.25, 0.3) is 0 Å². The number of hydrogen-bond acceptors (Lipinski definition) is 2. The van der Waals surface area contributed by atoms with E-state index >= 15 is 0 Å². The van der Waals surface area contributed by atoms with Crippen LogP contribution in [-0.2, 0) is 0 Å². The number of para-hydroxylation sites is 1. The van der Waals surface area contributed by atoms with E-state index in [4.69, 9.17) is 0 Å². The van der Waals surface area contributed by atoms with Crippen LogP contribution in [0.5, 0.6) is 0 Å². The van der Waals surface area contributed by atoms with Crippen LogP contribution in [0.4, 0.5) is 5.69 Å². The number of thioether (sulfide) groups is 1. The highest BCUT2D eigenvalue weighted by Crippen LogP contribution is 2.36. The topological polar surface area (TPSA) is 3.24 Å². The largest absolute Gasteiger partial charge is 0.364 e. The third-order valence-electron chi connectivity index (χ3n) is 3.84. The van der Waals surface area contributed by atoms with Gasteiger partial charge in [0, 0.05) is 17.1 Å². The summed E-state index contributed by atoms with van der Waals surface area (Å²) in [6, 6.07) is 20.4. The summed E-state index contributed by atoms with van der Waals surface area (Å²) in [6.07, 6.45) is 4.66. The van der Waals surface area contributed by atoms with Gasteiger partial charge in [-0.25, -0.2) is 0 Å². The Labute approximate surface area is 119 Å². The van der Waals surface area contributed by atoms with Crippen molar-refractivity contribution in [1.29, 1.82) is 0 Å². The second kappa shape index (κ2) is 5.70. The van der Waals surface area contributed by atoms with Crippen LogP contribution in [0, 0.1) is 0 Å². The zero-order valence-corrected chi connectivity index (χ0v) is 12.1. The quantitative estimate of drug-likeness (QED) is 0.740. The lowest BCUT2D eigenvalue weighted by molar-refractivity contribution is 0.718. The van der Waals surface area contributed by atoms with Gasteiger partial charge in [-0.2, -0.15) is 0 Å². The van der Waals surface area contributed by atoms with Crippen LogP contribution in [0.2, 0.25) is 0 Å². The maximum atomic E-state index is 2.54. The average Bonchev–Trinajstić information content (AvgIpc) is 2.98. The number of hydrogen-bond donors (Lipinski definition) is 0. The Morgan fingerprint density at radius 3 is 2.42 bits per heavy atom. The number of anilines is 1. The van der Waals surface area contributed by atoms with Crippen molar-refractivity contribution in [1.82, 2.24) is 0 Å². The molecular weight excluding hydrogens is 250 g/mol. The first-order chi connectivity index (χ1) is 9.38. The van der Waals surface area contributed by atoms with Crippen molar-refractivity contribution in [3.63, 3.8) is 0 Å². The first kappa shape index (κ1) is 12.6. The maximum absolute atomic E-state index is 2.54. The minimum atomic E-state index is 0.540. The molecule has 0 aliphatic carbocycles. The normalized spacial score (nSPS) is 18.8. The summed E-state index contributed by atoms with van der Waals surface area (Å²) in [5.41, 5.74) is 2.79. The Bertz CT molecular complexity index is 521. The Kier molecular flexibility index (Phi) is 3.79. The van der Waals surface area contributed by atoms with Crippen molar-refractivity contribution in [2.75, 3.05) is 17.7 Å². The Morgan fingerprint density at radius 2 is 1.74 bits per heavy atom. The Hall–Kier alpha value is -1.41. The molecule has 1 saturated heterocycles. The number of benzene rings is 2. The predicted octanol–water partition coefficient (Wildman–Crippen LogP) is 4.75. The highest BCUT2D eigenvalue weighted by molar-refractivity contribution is 7.98. The van der Waals surface area contributed by atoms with Gasteiger partial charge in [-0.15, -0.1) is 11.8 Å². The van der Waals surface area contributed by atoms with E-state index in [0.717, 1.165) is 0 Å². The summed E-state index contributed by atoms with van der Waals surface area (Å²) in [6.45, 7) is 1.17. The van der Waals surface area contributed by atoms with E-state index in [1.165, 1.54) is 35.5 Å². The zero-order chi connectivity index (χ0) is 13.1. The Morgan fingerprint density at radius 1 is 1.00 bits per heavy atom. The van der Waals surface area contributed by atoms with E-state index < -0.39 is 0 Å². The van der Waals surface area contributed by atoms with Gasteiger partial charge in [0.2, 0.25) is 0 Å². The molecule has 2 aromatic carbocycles. The van der Waals surface area contributed by atoms with Gasteiger partial charge >= 0.3 is 0 Å². The summed E-state index contributed by atoms with van der Waals surface area (Å²) < 4.78 is 0. The molecule has 1 atom stereocenters. The van der Waals surface area contributed by atoms with E-state index in [2.05, 4.69) is 65.8 Å². The van der Waals surface area contributed by atoms with Crippen LogP contribution in [0.25, 0.3) is 0 Å². The van der Waals surface area contributed by atoms with Crippen molar-refractivity contribution in [3.05, 3.63) is 60.2 Å². The van der Waals surface area contributed by atoms with Gasteiger partial charge in [-0.05, 0) is 48.9 Å². The molecule has 1 nitrogen and oxygen atoms in total. The summed E-state index contributed by atoms with van der Waals surface area (Å²) in [5, 5.41) is 0. The second-order valence-electron chi connectivity index (χ2n) is 4.96. The fourth-order valence-corrected chi connectivity index (χ4v) is 3.28. The lowest BCUT2D eigenvalue weighted by Crippen LogP contribution is -2.22. The molecule has 0 saturated carbocycles. The van der Waals surface area contributed by atoms with Gasteiger partial charge in [-0.1, -0.05) is 30.3 Å². The SMILES string of the molecule is CSc1ccc(C2CCCN2c2ccccc2)cc1. The summed E-state index contributed by atoms with van der Waals surface area (Å²) >= 11 is 1.80. The fourth-order valence-electron chi connectivity index (χ4n) is 2.87. The highest BCUT2D eigenvalue weighted by Gasteiger charge is 2.25. The Balaban J connectivity index is 1.86. The third kappa shape index (κ3) is 2.64. The molecule has 1 fully saturated rings. The molecule has 1 heterocycles. The number of nitrogens with zero attached hydrogens (tertiary/aromatic N) is 1. The van der Waals surface area contributed by atoms with E-state index in [1.807, 2.05) is 0 Å². The first-order valence-corrected chi connectivity index (χ1v) is 8.06. The molecule has 98 valence electrons. The molecule has 19 heavy (non-hydrogen) atoms. The zero-order valence-electron chi connectivity index (χ0n) is 11.3. The van der Waals surface area contributed by atoms with Crippen LogP contribution in [0.3, 0.4) is 0 Å². The van der Waals surface area contributed by atoms with Crippen molar-refractivity contribution in [2.24, 2.45) is 0 Å². The molecule has 0 amide bonds. The molecule has 1 unspecified atom stereocenters. The molecule has 3 rings (SSSR count). The molecule has 0 N–H and O–H groups in total. The van der Waals surface area contributed by atoms with Gasteiger partial charge in [0.15, 0.2) is 0 Å². The number of rotatable bonds is 3. The summed E-state index contributed by atoms with van der Waals surface area (Å²) in [7, 11) is 0. The minimum absolute atomic E-state index is 0.540. The van der Waals surface area contributed by atoms with Crippen LogP contribution >= 0.6 is 11.8 Å². The lowest BCUT2D eigenvalue weighted by atomic mass is 10.0. The van der Waals surface area contributed by atoms with Crippen LogP contribution in [-0.4, -0.2) is 12.8 Å². The fraction of sp³-hybridized carbons (Fsp3) is 0.294. The molecule has 0 spiro atoms. The van der Waals surface area contributed by atoms with E-state index in [1.54, 1.807) is 11.8 Å². The van der Waals surface area contributed by atoms with E-state index in [9.17, 15) is 0 Å². The van der Waals surface area contributed by atoms with E-state index in [-0.39, 0.29) is 0 Å². The standard InChI is InChI=1S/C17H19NS/c1-19-16-11-9-14(10-12-16)17-8-5-13-18(17)15-6-3-2-4-7-15/h2-4,6-7,9-12,17H,5,8,13H2,1H3.